The molecule has 1 amide bonds. The first-order chi connectivity index (χ1) is 6.62. The Hall–Kier alpha value is -0.870. The molecule has 1 fully saturated rings. The molecule has 2 atom stereocenters. The Bertz CT molecular complexity index is 230. The molecule has 0 aliphatic carbocycles. The number of piperidine rings is 1. The fourth-order valence-corrected chi connectivity index (χ4v) is 1.94. The molecule has 14 heavy (non-hydrogen) atoms. The van der Waals surface area contributed by atoms with E-state index in [1.54, 1.807) is 0 Å². The number of aliphatic hydroxyl groups is 1. The number of hydrogen-bond acceptors (Lipinski definition) is 3. The number of amides is 1. The molecule has 0 aromatic rings. The summed E-state index contributed by atoms with van der Waals surface area (Å²) < 4.78 is 0. The van der Waals surface area contributed by atoms with Crippen LogP contribution in [0.3, 0.4) is 0 Å². The smallest absolute Gasteiger partial charge is 0.217 e. The van der Waals surface area contributed by atoms with Crippen LogP contribution in [0.2, 0.25) is 0 Å². The first kappa shape index (κ1) is 11.2. The van der Waals surface area contributed by atoms with Gasteiger partial charge in [-0.25, -0.2) is 0 Å². The van der Waals surface area contributed by atoms with E-state index in [1.807, 2.05) is 6.08 Å². The molecule has 0 bridgehead atoms. The molecule has 1 heterocycles. The van der Waals surface area contributed by atoms with Gasteiger partial charge < -0.3 is 15.7 Å². The summed E-state index contributed by atoms with van der Waals surface area (Å²) >= 11 is 0. The van der Waals surface area contributed by atoms with E-state index in [0.29, 0.717) is 12.5 Å². The number of hydrogen-bond donors (Lipinski definition) is 3. The van der Waals surface area contributed by atoms with Crippen molar-refractivity contribution in [3.05, 3.63) is 12.7 Å². The maximum absolute atomic E-state index is 11.0. The van der Waals surface area contributed by atoms with Crippen LogP contribution in [0.5, 0.6) is 0 Å². The third-order valence-corrected chi connectivity index (χ3v) is 2.60. The van der Waals surface area contributed by atoms with Gasteiger partial charge in [0.05, 0.1) is 12.1 Å². The zero-order valence-corrected chi connectivity index (χ0v) is 8.55. The highest BCUT2D eigenvalue weighted by Crippen LogP contribution is 2.21. The van der Waals surface area contributed by atoms with Crippen molar-refractivity contribution in [2.75, 3.05) is 19.7 Å². The third kappa shape index (κ3) is 2.56. The normalized spacial score (nSPS) is 32.3. The van der Waals surface area contributed by atoms with Gasteiger partial charge in [0, 0.05) is 20.0 Å². The van der Waals surface area contributed by atoms with E-state index in [9.17, 15) is 9.90 Å². The number of carbonyl (C=O) groups is 1. The Kier molecular flexibility index (Phi) is 3.66. The van der Waals surface area contributed by atoms with E-state index in [4.69, 9.17) is 0 Å². The Morgan fingerprint density at radius 1 is 1.86 bits per heavy atom. The topological polar surface area (TPSA) is 61.4 Å². The minimum Gasteiger partial charge on any atom is -0.394 e. The summed E-state index contributed by atoms with van der Waals surface area (Å²) in [6.45, 7) is 6.64. The molecule has 4 heteroatoms. The fourth-order valence-electron chi connectivity index (χ4n) is 1.94. The lowest BCUT2D eigenvalue weighted by molar-refractivity contribution is -0.121. The van der Waals surface area contributed by atoms with Crippen LogP contribution < -0.4 is 10.6 Å². The van der Waals surface area contributed by atoms with Gasteiger partial charge in [0.25, 0.3) is 0 Å². The van der Waals surface area contributed by atoms with Gasteiger partial charge in [0.15, 0.2) is 0 Å². The first-order valence-corrected chi connectivity index (χ1v) is 4.85. The summed E-state index contributed by atoms with van der Waals surface area (Å²) in [6.07, 6.45) is 2.61. The van der Waals surface area contributed by atoms with Crippen molar-refractivity contribution in [3.8, 4) is 0 Å². The second kappa shape index (κ2) is 4.57. The zero-order valence-electron chi connectivity index (χ0n) is 8.55. The SMILES string of the molecule is C=C[C@@H]1CNCC(CO)(NC(C)=O)C1. The number of nitrogens with one attached hydrogen (secondary N) is 2. The standard InChI is InChI=1S/C10H18N2O2/c1-3-9-4-10(7-13,6-11-5-9)12-8(2)14/h3,9,11,13H,1,4-7H2,2H3,(H,12,14)/t9-,10?/m0/s1. The molecule has 1 unspecified atom stereocenters. The Balaban J connectivity index is 2.67. The van der Waals surface area contributed by atoms with Crippen LogP contribution in [0.25, 0.3) is 0 Å². The Labute approximate surface area is 84.4 Å². The van der Waals surface area contributed by atoms with Gasteiger partial charge in [-0.3, -0.25) is 4.79 Å². The second-order valence-electron chi connectivity index (χ2n) is 3.95. The van der Waals surface area contributed by atoms with E-state index in [1.165, 1.54) is 6.92 Å². The molecule has 1 aliphatic rings. The lowest BCUT2D eigenvalue weighted by Gasteiger charge is -2.39. The van der Waals surface area contributed by atoms with Gasteiger partial charge in [-0.2, -0.15) is 0 Å². The summed E-state index contributed by atoms with van der Waals surface area (Å²) in [6, 6.07) is 0. The molecule has 0 aromatic carbocycles. The van der Waals surface area contributed by atoms with E-state index in [-0.39, 0.29) is 12.5 Å². The molecule has 0 saturated carbocycles. The van der Waals surface area contributed by atoms with Crippen molar-refractivity contribution in [3.63, 3.8) is 0 Å². The minimum atomic E-state index is -0.511. The highest BCUT2D eigenvalue weighted by atomic mass is 16.3. The number of carbonyl (C=O) groups excluding carboxylic acids is 1. The second-order valence-corrected chi connectivity index (χ2v) is 3.95. The van der Waals surface area contributed by atoms with Gasteiger partial charge in [0.2, 0.25) is 5.91 Å². The van der Waals surface area contributed by atoms with Crippen molar-refractivity contribution >= 4 is 5.91 Å². The average molecular weight is 198 g/mol. The maximum Gasteiger partial charge on any atom is 0.217 e. The van der Waals surface area contributed by atoms with Crippen LogP contribution in [0, 0.1) is 5.92 Å². The van der Waals surface area contributed by atoms with Crippen LogP contribution in [0.4, 0.5) is 0 Å². The highest BCUT2D eigenvalue weighted by Gasteiger charge is 2.35. The van der Waals surface area contributed by atoms with Crippen LogP contribution in [-0.2, 0) is 4.79 Å². The van der Waals surface area contributed by atoms with Gasteiger partial charge in [0.1, 0.15) is 0 Å². The maximum atomic E-state index is 11.0. The molecule has 0 radical (unpaired) electrons. The van der Waals surface area contributed by atoms with Gasteiger partial charge in [-0.15, -0.1) is 6.58 Å². The summed E-state index contributed by atoms with van der Waals surface area (Å²) in [5, 5.41) is 15.3. The molecule has 1 saturated heterocycles. The Morgan fingerprint density at radius 2 is 2.57 bits per heavy atom. The van der Waals surface area contributed by atoms with E-state index in [2.05, 4.69) is 17.2 Å². The molecular weight excluding hydrogens is 180 g/mol. The van der Waals surface area contributed by atoms with Crippen LogP contribution in [0.15, 0.2) is 12.7 Å². The largest absolute Gasteiger partial charge is 0.394 e. The summed E-state index contributed by atoms with van der Waals surface area (Å²) in [5.41, 5.74) is -0.511. The monoisotopic (exact) mass is 198 g/mol. The molecule has 3 N–H and O–H groups in total. The third-order valence-electron chi connectivity index (χ3n) is 2.60. The molecule has 0 aromatic heterocycles. The lowest BCUT2D eigenvalue weighted by atomic mass is 9.84. The summed E-state index contributed by atoms with van der Waals surface area (Å²) in [7, 11) is 0. The van der Waals surface area contributed by atoms with Gasteiger partial charge >= 0.3 is 0 Å². The van der Waals surface area contributed by atoms with Crippen molar-refractivity contribution in [1.29, 1.82) is 0 Å². The van der Waals surface area contributed by atoms with Crippen LogP contribution >= 0.6 is 0 Å². The van der Waals surface area contributed by atoms with Gasteiger partial charge in [-0.05, 0) is 12.3 Å². The number of rotatable bonds is 3. The fraction of sp³-hybridized carbons (Fsp3) is 0.700. The van der Waals surface area contributed by atoms with Crippen LogP contribution in [-0.4, -0.2) is 36.2 Å². The van der Waals surface area contributed by atoms with E-state index < -0.39 is 5.54 Å². The predicted octanol–water partition coefficient (Wildman–Crippen LogP) is -0.351. The van der Waals surface area contributed by atoms with Crippen molar-refractivity contribution < 1.29 is 9.90 Å². The average Bonchev–Trinajstić information content (AvgIpc) is 2.17. The van der Waals surface area contributed by atoms with E-state index >= 15 is 0 Å². The van der Waals surface area contributed by atoms with Crippen molar-refractivity contribution in [2.24, 2.45) is 5.92 Å². The molecule has 4 nitrogen and oxygen atoms in total. The minimum absolute atomic E-state index is 0.0378. The molecular formula is C10H18N2O2. The predicted molar refractivity (Wildman–Crippen MR) is 54.8 cm³/mol. The first-order valence-electron chi connectivity index (χ1n) is 4.85. The van der Waals surface area contributed by atoms with Crippen molar-refractivity contribution in [2.45, 2.75) is 18.9 Å². The Morgan fingerprint density at radius 3 is 3.07 bits per heavy atom. The summed E-state index contributed by atoms with van der Waals surface area (Å²) in [5.74, 6) is 0.202. The van der Waals surface area contributed by atoms with Gasteiger partial charge in [-0.1, -0.05) is 6.08 Å². The van der Waals surface area contributed by atoms with E-state index in [0.717, 1.165) is 13.0 Å². The van der Waals surface area contributed by atoms with Crippen molar-refractivity contribution in [1.82, 2.24) is 10.6 Å². The molecule has 0 spiro atoms. The molecule has 80 valence electrons. The molecule has 1 rings (SSSR count). The quantitative estimate of drug-likeness (QED) is 0.543. The molecule has 1 aliphatic heterocycles. The summed E-state index contributed by atoms with van der Waals surface area (Å²) in [4.78, 5) is 11.0. The van der Waals surface area contributed by atoms with Crippen LogP contribution in [0.1, 0.15) is 13.3 Å². The lowest BCUT2D eigenvalue weighted by Crippen LogP contribution is -2.61. The highest BCUT2D eigenvalue weighted by molar-refractivity contribution is 5.73. The zero-order chi connectivity index (χ0) is 10.6. The number of aliphatic hydroxyl groups excluding tert-OH is 1.